The summed E-state index contributed by atoms with van der Waals surface area (Å²) in [6.45, 7) is 2.27. The molecule has 5 nitrogen and oxygen atoms in total. The molecule has 1 aromatic rings. The molecule has 0 spiro atoms. The van der Waals surface area contributed by atoms with Crippen LogP contribution in [0.3, 0.4) is 0 Å². The van der Waals surface area contributed by atoms with Gasteiger partial charge in [0.2, 0.25) is 10.0 Å². The second-order valence-electron chi connectivity index (χ2n) is 4.44. The van der Waals surface area contributed by atoms with Crippen molar-refractivity contribution in [1.29, 1.82) is 0 Å². The first-order valence-electron chi connectivity index (χ1n) is 6.27. The van der Waals surface area contributed by atoms with E-state index in [1.54, 1.807) is 18.5 Å². The first kappa shape index (κ1) is 16.9. The van der Waals surface area contributed by atoms with Crippen molar-refractivity contribution in [3.63, 3.8) is 0 Å². The molecule has 112 valence electrons. The van der Waals surface area contributed by atoms with Gasteiger partial charge < -0.3 is 5.11 Å². The van der Waals surface area contributed by atoms with Gasteiger partial charge in [0.25, 0.3) is 0 Å². The first-order valence-corrected chi connectivity index (χ1v) is 8.76. The zero-order valence-electron chi connectivity index (χ0n) is 11.6. The van der Waals surface area contributed by atoms with Crippen LogP contribution in [0.5, 0.6) is 0 Å². The van der Waals surface area contributed by atoms with Crippen molar-refractivity contribution in [1.82, 2.24) is 4.31 Å². The number of thiophene rings is 1. The Labute approximate surface area is 123 Å². The lowest BCUT2D eigenvalue weighted by Gasteiger charge is -2.15. The third-order valence-corrected chi connectivity index (χ3v) is 5.52. The largest absolute Gasteiger partial charge is 0.478 e. The van der Waals surface area contributed by atoms with Gasteiger partial charge in [-0.15, -0.1) is 11.3 Å². The minimum Gasteiger partial charge on any atom is -0.478 e. The molecule has 1 heterocycles. The lowest BCUT2D eigenvalue weighted by atomic mass is 10.3. The highest BCUT2D eigenvalue weighted by Gasteiger charge is 2.17. The Bertz CT molecular complexity index is 575. The first-order chi connectivity index (χ1) is 9.35. The number of hydrogen-bond donors (Lipinski definition) is 1. The van der Waals surface area contributed by atoms with Crippen LogP contribution >= 0.6 is 11.3 Å². The van der Waals surface area contributed by atoms with Crippen molar-refractivity contribution in [2.45, 2.75) is 26.3 Å². The fraction of sp³-hybridized carbons (Fsp3) is 0.462. The van der Waals surface area contributed by atoms with E-state index in [0.717, 1.165) is 22.9 Å². The van der Waals surface area contributed by atoms with Crippen LogP contribution < -0.4 is 0 Å². The fourth-order valence-corrected chi connectivity index (χ4v) is 3.82. The van der Waals surface area contributed by atoms with Crippen LogP contribution in [-0.4, -0.2) is 36.6 Å². The summed E-state index contributed by atoms with van der Waals surface area (Å²) in [6, 6.07) is 1.80. The average molecular weight is 317 g/mol. The van der Waals surface area contributed by atoms with Gasteiger partial charge in [0.15, 0.2) is 0 Å². The van der Waals surface area contributed by atoms with E-state index >= 15 is 0 Å². The predicted molar refractivity (Wildman–Crippen MR) is 81.2 cm³/mol. The molecule has 20 heavy (non-hydrogen) atoms. The van der Waals surface area contributed by atoms with Crippen LogP contribution in [0.25, 0.3) is 6.08 Å². The van der Waals surface area contributed by atoms with Crippen LogP contribution in [0.1, 0.15) is 30.2 Å². The molecule has 0 saturated heterocycles. The van der Waals surface area contributed by atoms with Gasteiger partial charge >= 0.3 is 5.97 Å². The number of carboxylic acids is 1. The fourth-order valence-electron chi connectivity index (χ4n) is 1.54. The molecular formula is C13H19NO4S2. The number of rotatable bonds is 8. The van der Waals surface area contributed by atoms with Gasteiger partial charge in [0.1, 0.15) is 0 Å². The minimum absolute atomic E-state index is 0.164. The number of sulfonamides is 1. The summed E-state index contributed by atoms with van der Waals surface area (Å²) in [5.74, 6) is -0.839. The van der Waals surface area contributed by atoms with E-state index in [0.29, 0.717) is 13.0 Å². The van der Waals surface area contributed by atoms with Crippen molar-refractivity contribution in [2.75, 3.05) is 12.8 Å². The molecule has 0 fully saturated rings. The molecule has 0 aromatic carbocycles. The molecule has 0 aliphatic heterocycles. The Morgan fingerprint density at radius 1 is 1.50 bits per heavy atom. The molecule has 0 bridgehead atoms. The number of aliphatic carboxylic acids is 1. The van der Waals surface area contributed by atoms with Crippen molar-refractivity contribution < 1.29 is 18.3 Å². The summed E-state index contributed by atoms with van der Waals surface area (Å²) < 4.78 is 25.3. The molecular weight excluding hydrogens is 298 g/mol. The van der Waals surface area contributed by atoms with E-state index < -0.39 is 16.0 Å². The second-order valence-corrected chi connectivity index (χ2v) is 7.63. The highest BCUT2D eigenvalue weighted by atomic mass is 32.2. The lowest BCUT2D eigenvalue weighted by molar-refractivity contribution is -0.131. The van der Waals surface area contributed by atoms with E-state index in [1.807, 2.05) is 6.92 Å². The van der Waals surface area contributed by atoms with E-state index in [9.17, 15) is 13.2 Å². The smallest absolute Gasteiger partial charge is 0.328 e. The Kier molecular flexibility index (Phi) is 6.38. The van der Waals surface area contributed by atoms with Gasteiger partial charge in [-0.05, 0) is 29.5 Å². The topological polar surface area (TPSA) is 74.7 Å². The van der Waals surface area contributed by atoms with Crippen LogP contribution in [0, 0.1) is 0 Å². The second kappa shape index (κ2) is 7.56. The van der Waals surface area contributed by atoms with Crippen LogP contribution in [0.4, 0.5) is 0 Å². The molecule has 1 N–H and O–H groups in total. The SMILES string of the molecule is CCCCS(=O)(=O)N(C)Cc1cc(C=CC(=O)O)cs1. The summed E-state index contributed by atoms with van der Waals surface area (Å²) in [6.07, 6.45) is 4.06. The average Bonchev–Trinajstić information content (AvgIpc) is 2.81. The number of carboxylic acid groups (broad SMARTS) is 1. The summed E-state index contributed by atoms with van der Waals surface area (Å²) >= 11 is 1.42. The maximum absolute atomic E-state index is 12.0. The zero-order valence-corrected chi connectivity index (χ0v) is 13.2. The Morgan fingerprint density at radius 2 is 2.20 bits per heavy atom. The summed E-state index contributed by atoms with van der Waals surface area (Å²) in [5.41, 5.74) is 0.770. The van der Waals surface area contributed by atoms with Crippen molar-refractivity contribution in [3.05, 3.63) is 28.0 Å². The number of hydrogen-bond acceptors (Lipinski definition) is 4. The van der Waals surface area contributed by atoms with E-state index in [-0.39, 0.29) is 5.75 Å². The maximum atomic E-state index is 12.0. The van der Waals surface area contributed by atoms with E-state index in [2.05, 4.69) is 0 Å². The van der Waals surface area contributed by atoms with Crippen LogP contribution in [0.15, 0.2) is 17.5 Å². The van der Waals surface area contributed by atoms with Gasteiger partial charge in [-0.2, -0.15) is 4.31 Å². The molecule has 7 heteroatoms. The van der Waals surface area contributed by atoms with Crippen molar-refractivity contribution in [3.8, 4) is 0 Å². The van der Waals surface area contributed by atoms with E-state index in [1.165, 1.54) is 21.7 Å². The Morgan fingerprint density at radius 3 is 2.80 bits per heavy atom. The summed E-state index contributed by atoms with van der Waals surface area (Å²) in [5, 5.41) is 10.4. The van der Waals surface area contributed by atoms with Crippen LogP contribution in [-0.2, 0) is 21.4 Å². The van der Waals surface area contributed by atoms with Crippen molar-refractivity contribution in [2.24, 2.45) is 0 Å². The summed E-state index contributed by atoms with van der Waals surface area (Å²) in [4.78, 5) is 11.3. The normalized spacial score (nSPS) is 12.3. The van der Waals surface area contributed by atoms with Gasteiger partial charge in [0.05, 0.1) is 5.75 Å². The molecule has 0 saturated carbocycles. The highest BCUT2D eigenvalue weighted by Crippen LogP contribution is 2.19. The van der Waals surface area contributed by atoms with Crippen molar-refractivity contribution >= 4 is 33.4 Å². The highest BCUT2D eigenvalue weighted by molar-refractivity contribution is 7.89. The standard InChI is InChI=1S/C13H19NO4S2/c1-3-4-7-20(17,18)14(2)9-12-8-11(10-19-12)5-6-13(15)16/h5-6,8,10H,3-4,7,9H2,1-2H3,(H,15,16). The summed E-state index contributed by atoms with van der Waals surface area (Å²) in [7, 11) is -1.64. The lowest BCUT2D eigenvalue weighted by Crippen LogP contribution is -2.28. The molecule has 0 unspecified atom stereocenters. The van der Waals surface area contributed by atoms with Gasteiger partial charge in [-0.25, -0.2) is 13.2 Å². The molecule has 0 aliphatic carbocycles. The molecule has 0 atom stereocenters. The minimum atomic E-state index is -3.21. The quantitative estimate of drug-likeness (QED) is 0.747. The third kappa shape index (κ3) is 5.44. The van der Waals surface area contributed by atoms with Gasteiger partial charge in [-0.3, -0.25) is 0 Å². The Hall–Kier alpha value is -1.18. The predicted octanol–water partition coefficient (Wildman–Crippen LogP) is 2.41. The maximum Gasteiger partial charge on any atom is 0.328 e. The number of nitrogens with zero attached hydrogens (tertiary/aromatic N) is 1. The molecule has 1 rings (SSSR count). The third-order valence-electron chi connectivity index (χ3n) is 2.70. The van der Waals surface area contributed by atoms with Gasteiger partial charge in [0, 0.05) is 24.5 Å². The molecule has 0 radical (unpaired) electrons. The van der Waals surface area contributed by atoms with Crippen LogP contribution in [0.2, 0.25) is 0 Å². The molecule has 1 aromatic heterocycles. The number of carbonyl (C=O) groups is 1. The number of unbranched alkanes of at least 4 members (excludes halogenated alkanes) is 1. The van der Waals surface area contributed by atoms with E-state index in [4.69, 9.17) is 5.11 Å². The Balaban J connectivity index is 2.67. The molecule has 0 aliphatic rings. The molecule has 0 amide bonds. The monoisotopic (exact) mass is 317 g/mol. The zero-order chi connectivity index (χ0) is 15.2. The van der Waals surface area contributed by atoms with Gasteiger partial charge in [-0.1, -0.05) is 13.3 Å².